The maximum Gasteiger partial charge on any atom is 0.252 e. The van der Waals surface area contributed by atoms with Crippen LogP contribution >= 0.6 is 11.8 Å². The third-order valence-corrected chi connectivity index (χ3v) is 5.55. The van der Waals surface area contributed by atoms with Gasteiger partial charge in [0.2, 0.25) is 0 Å². The van der Waals surface area contributed by atoms with Crippen LogP contribution in [-0.2, 0) is 5.75 Å². The SMILES string of the molecule is CCOc1cccc2cc(C(C)NC(=O)c3ccccc3CSc3ncn[nH]3)oc12. The molecule has 1 unspecified atom stereocenters. The van der Waals surface area contributed by atoms with Gasteiger partial charge in [-0.1, -0.05) is 42.1 Å². The molecule has 1 atom stereocenters. The van der Waals surface area contributed by atoms with E-state index in [4.69, 9.17) is 9.15 Å². The number of amides is 1. The van der Waals surface area contributed by atoms with Gasteiger partial charge in [0, 0.05) is 16.7 Å². The van der Waals surface area contributed by atoms with Crippen LogP contribution in [0.15, 0.2) is 64.4 Å². The summed E-state index contributed by atoms with van der Waals surface area (Å²) in [5.74, 6) is 1.84. The fourth-order valence-electron chi connectivity index (χ4n) is 3.16. The van der Waals surface area contributed by atoms with E-state index in [-0.39, 0.29) is 11.9 Å². The van der Waals surface area contributed by atoms with Crippen molar-refractivity contribution < 1.29 is 13.9 Å². The summed E-state index contributed by atoms with van der Waals surface area (Å²) in [4.78, 5) is 17.1. The van der Waals surface area contributed by atoms with Gasteiger partial charge in [0.1, 0.15) is 12.1 Å². The van der Waals surface area contributed by atoms with Crippen molar-refractivity contribution >= 4 is 28.6 Å². The van der Waals surface area contributed by atoms with Crippen LogP contribution in [0.1, 0.15) is 41.6 Å². The van der Waals surface area contributed by atoms with E-state index < -0.39 is 0 Å². The van der Waals surface area contributed by atoms with Crippen molar-refractivity contribution in [3.05, 3.63) is 71.7 Å². The molecule has 0 aliphatic rings. The number of carbonyl (C=O) groups excluding carboxylic acids is 1. The smallest absolute Gasteiger partial charge is 0.252 e. The van der Waals surface area contributed by atoms with Gasteiger partial charge in [0.05, 0.1) is 12.6 Å². The quantitative estimate of drug-likeness (QED) is 0.399. The molecular formula is C22H22N4O3S. The Labute approximate surface area is 178 Å². The zero-order valence-corrected chi connectivity index (χ0v) is 17.5. The van der Waals surface area contributed by atoms with Gasteiger partial charge >= 0.3 is 0 Å². The van der Waals surface area contributed by atoms with Crippen LogP contribution in [0.3, 0.4) is 0 Å². The average Bonchev–Trinajstić information content (AvgIpc) is 3.43. The fraction of sp³-hybridized carbons (Fsp3) is 0.227. The highest BCUT2D eigenvalue weighted by atomic mass is 32.2. The molecule has 0 radical (unpaired) electrons. The molecular weight excluding hydrogens is 400 g/mol. The van der Waals surface area contributed by atoms with E-state index >= 15 is 0 Å². The molecule has 0 saturated heterocycles. The molecule has 154 valence electrons. The van der Waals surface area contributed by atoms with Gasteiger partial charge in [-0.25, -0.2) is 4.98 Å². The minimum absolute atomic E-state index is 0.151. The summed E-state index contributed by atoms with van der Waals surface area (Å²) >= 11 is 1.49. The summed E-state index contributed by atoms with van der Waals surface area (Å²) in [6, 6.07) is 15.0. The maximum absolute atomic E-state index is 13.0. The van der Waals surface area contributed by atoms with Crippen molar-refractivity contribution in [2.45, 2.75) is 30.8 Å². The van der Waals surface area contributed by atoms with Crippen molar-refractivity contribution in [2.75, 3.05) is 6.61 Å². The lowest BCUT2D eigenvalue weighted by Crippen LogP contribution is -2.27. The first-order chi connectivity index (χ1) is 14.7. The van der Waals surface area contributed by atoms with Gasteiger partial charge in [-0.2, -0.15) is 5.10 Å². The molecule has 2 N–H and O–H groups in total. The molecule has 7 nitrogen and oxygen atoms in total. The van der Waals surface area contributed by atoms with Crippen molar-refractivity contribution in [2.24, 2.45) is 0 Å². The molecule has 8 heteroatoms. The van der Waals surface area contributed by atoms with E-state index in [1.54, 1.807) is 0 Å². The zero-order chi connectivity index (χ0) is 20.9. The Bertz CT molecular complexity index is 1140. The van der Waals surface area contributed by atoms with E-state index in [0.717, 1.165) is 10.9 Å². The third kappa shape index (κ3) is 4.33. The number of carbonyl (C=O) groups is 1. The Morgan fingerprint density at radius 2 is 2.13 bits per heavy atom. The molecule has 0 bridgehead atoms. The summed E-state index contributed by atoms with van der Waals surface area (Å²) < 4.78 is 11.7. The molecule has 2 aromatic heterocycles. The summed E-state index contributed by atoms with van der Waals surface area (Å²) in [6.45, 7) is 4.40. The molecule has 30 heavy (non-hydrogen) atoms. The van der Waals surface area contributed by atoms with E-state index in [9.17, 15) is 4.79 Å². The lowest BCUT2D eigenvalue weighted by molar-refractivity contribution is 0.0935. The van der Waals surface area contributed by atoms with Crippen molar-refractivity contribution in [3.63, 3.8) is 0 Å². The van der Waals surface area contributed by atoms with Gasteiger partial charge < -0.3 is 14.5 Å². The Morgan fingerprint density at radius 3 is 2.93 bits per heavy atom. The lowest BCUT2D eigenvalue weighted by Gasteiger charge is -2.14. The van der Waals surface area contributed by atoms with Crippen LogP contribution in [0.25, 0.3) is 11.0 Å². The first kappa shape index (κ1) is 20.0. The van der Waals surface area contributed by atoms with Crippen molar-refractivity contribution in [1.29, 1.82) is 0 Å². The molecule has 2 heterocycles. The maximum atomic E-state index is 13.0. The van der Waals surface area contributed by atoms with Gasteiger partial charge in [-0.05, 0) is 37.6 Å². The van der Waals surface area contributed by atoms with Crippen LogP contribution in [0.2, 0.25) is 0 Å². The highest BCUT2D eigenvalue weighted by Gasteiger charge is 2.19. The second-order valence-corrected chi connectivity index (χ2v) is 7.65. The number of aromatic amines is 1. The number of para-hydroxylation sites is 1. The second kappa shape index (κ2) is 9.04. The van der Waals surface area contributed by atoms with E-state index in [0.29, 0.717) is 40.2 Å². The summed E-state index contributed by atoms with van der Waals surface area (Å²) in [5, 5.41) is 11.4. The predicted octanol–water partition coefficient (Wildman–Crippen LogP) is 4.73. The molecule has 2 aromatic carbocycles. The molecule has 0 aliphatic carbocycles. The molecule has 1 amide bonds. The predicted molar refractivity (Wildman–Crippen MR) is 116 cm³/mol. The van der Waals surface area contributed by atoms with Crippen molar-refractivity contribution in [3.8, 4) is 5.75 Å². The highest BCUT2D eigenvalue weighted by Crippen LogP contribution is 2.31. The second-order valence-electron chi connectivity index (χ2n) is 6.69. The normalized spacial score (nSPS) is 12.1. The first-order valence-electron chi connectivity index (χ1n) is 9.68. The highest BCUT2D eigenvalue weighted by molar-refractivity contribution is 7.98. The average molecular weight is 423 g/mol. The number of fused-ring (bicyclic) bond motifs is 1. The number of ether oxygens (including phenoxy) is 1. The number of benzene rings is 2. The summed E-state index contributed by atoms with van der Waals surface area (Å²) in [5.41, 5.74) is 2.24. The van der Waals surface area contributed by atoms with E-state index in [2.05, 4.69) is 20.5 Å². The molecule has 0 saturated carbocycles. The number of hydrogen-bond donors (Lipinski definition) is 2. The number of hydrogen-bond acceptors (Lipinski definition) is 6. The van der Waals surface area contributed by atoms with Crippen LogP contribution < -0.4 is 10.1 Å². The zero-order valence-electron chi connectivity index (χ0n) is 16.7. The monoisotopic (exact) mass is 422 g/mol. The minimum atomic E-state index is -0.297. The van der Waals surface area contributed by atoms with Crippen LogP contribution in [0.5, 0.6) is 5.75 Å². The van der Waals surface area contributed by atoms with E-state index in [1.807, 2.05) is 62.4 Å². The third-order valence-electron chi connectivity index (χ3n) is 4.62. The molecule has 0 spiro atoms. The topological polar surface area (TPSA) is 93.0 Å². The van der Waals surface area contributed by atoms with Gasteiger partial charge in [0.15, 0.2) is 16.5 Å². The Morgan fingerprint density at radius 1 is 1.27 bits per heavy atom. The minimum Gasteiger partial charge on any atom is -0.490 e. The van der Waals surface area contributed by atoms with Gasteiger partial charge in [0.25, 0.3) is 5.91 Å². The first-order valence-corrected chi connectivity index (χ1v) is 10.7. The number of rotatable bonds is 8. The number of nitrogens with zero attached hydrogens (tertiary/aromatic N) is 2. The van der Waals surface area contributed by atoms with Crippen molar-refractivity contribution in [1.82, 2.24) is 20.5 Å². The summed E-state index contributed by atoms with van der Waals surface area (Å²) in [7, 11) is 0. The molecule has 4 aromatic rings. The number of furan rings is 1. The summed E-state index contributed by atoms with van der Waals surface area (Å²) in [6.07, 6.45) is 1.47. The lowest BCUT2D eigenvalue weighted by atomic mass is 10.1. The number of aromatic nitrogens is 3. The van der Waals surface area contributed by atoms with Crippen LogP contribution in [0.4, 0.5) is 0 Å². The number of nitrogens with one attached hydrogen (secondary N) is 2. The number of thioether (sulfide) groups is 1. The van der Waals surface area contributed by atoms with E-state index in [1.165, 1.54) is 18.1 Å². The molecule has 0 aliphatic heterocycles. The Kier molecular flexibility index (Phi) is 6.04. The van der Waals surface area contributed by atoms with Crippen LogP contribution in [-0.4, -0.2) is 27.7 Å². The molecule has 4 rings (SSSR count). The van der Waals surface area contributed by atoms with Crippen LogP contribution in [0, 0.1) is 0 Å². The number of H-pyrrole nitrogens is 1. The van der Waals surface area contributed by atoms with Gasteiger partial charge in [-0.3, -0.25) is 9.89 Å². The largest absolute Gasteiger partial charge is 0.490 e. The Balaban J connectivity index is 1.50. The van der Waals surface area contributed by atoms with Gasteiger partial charge in [-0.15, -0.1) is 0 Å². The fourth-order valence-corrected chi connectivity index (χ4v) is 3.94. The molecule has 0 fully saturated rings. The standard InChI is InChI=1S/C22H22N4O3S/c1-3-28-18-10-6-8-15-11-19(29-20(15)18)14(2)25-21(27)17-9-5-4-7-16(17)12-30-22-23-13-24-26-22/h4-11,13-14H,3,12H2,1-2H3,(H,25,27)(H,23,24,26). The Hall–Kier alpha value is -3.26.